The molecule has 312 valence electrons. The minimum absolute atomic E-state index is 0.0324. The molecule has 0 heterocycles. The van der Waals surface area contributed by atoms with Gasteiger partial charge in [-0.3, -0.25) is 18.6 Å². The van der Waals surface area contributed by atoms with Crippen LogP contribution in [0, 0.1) is 0 Å². The summed E-state index contributed by atoms with van der Waals surface area (Å²) in [5.41, 5.74) is 5.33. The van der Waals surface area contributed by atoms with Crippen LogP contribution in [0.5, 0.6) is 0 Å². The maximum atomic E-state index is 12.5. The van der Waals surface area contributed by atoms with E-state index in [0.717, 1.165) is 57.8 Å². The number of allylic oxidation sites excluding steroid dienone is 16. The molecule has 0 radical (unpaired) electrons. The number of carbonyl (C=O) groups excluding carboxylic acids is 2. The second-order valence-corrected chi connectivity index (χ2v) is 14.6. The van der Waals surface area contributed by atoms with E-state index in [4.69, 9.17) is 24.3 Å². The lowest BCUT2D eigenvalue weighted by Crippen LogP contribution is -2.29. The number of nitrogens with two attached hydrogens (primary N) is 1. The summed E-state index contributed by atoms with van der Waals surface area (Å²) < 4.78 is 32.6. The summed E-state index contributed by atoms with van der Waals surface area (Å²) in [5.74, 6) is -0.981. The molecule has 0 aliphatic heterocycles. The molecular weight excluding hydrogens is 713 g/mol. The zero-order valence-electron chi connectivity index (χ0n) is 34.1. The Bertz CT molecular complexity index is 1220. The standard InChI is InChI=1S/C45H74NO8P/c1-3-5-7-9-11-13-15-17-19-20-21-22-24-25-27-29-31-33-35-37-44(47)51-41-43(42-53-55(49,50)52-40-39-46)54-45(48)38-36-34-32-30-28-26-23-18-16-14-12-10-8-6-4-2/h11-14,17-19,21-23,25,27-28,30-31,33,43H,3-10,15-16,20,24,26,29,32,34-42,46H2,1-2H3,(H,49,50)/t43-/m1/s1. The Kier molecular flexibility index (Phi) is 38.3. The van der Waals surface area contributed by atoms with Gasteiger partial charge >= 0.3 is 19.8 Å². The van der Waals surface area contributed by atoms with Crippen LogP contribution in [0.4, 0.5) is 0 Å². The van der Waals surface area contributed by atoms with Crippen LogP contribution in [-0.2, 0) is 32.7 Å². The summed E-state index contributed by atoms with van der Waals surface area (Å²) in [6, 6.07) is 0. The van der Waals surface area contributed by atoms with Gasteiger partial charge in [0.05, 0.1) is 13.2 Å². The molecule has 9 nitrogen and oxygen atoms in total. The Hall–Kier alpha value is -3.07. The highest BCUT2D eigenvalue weighted by molar-refractivity contribution is 7.47. The Morgan fingerprint density at radius 1 is 0.545 bits per heavy atom. The molecule has 10 heteroatoms. The monoisotopic (exact) mass is 788 g/mol. The molecule has 0 saturated carbocycles. The van der Waals surface area contributed by atoms with Gasteiger partial charge in [0, 0.05) is 19.4 Å². The van der Waals surface area contributed by atoms with E-state index in [1.54, 1.807) is 0 Å². The van der Waals surface area contributed by atoms with Crippen LogP contribution < -0.4 is 5.73 Å². The zero-order valence-corrected chi connectivity index (χ0v) is 35.0. The molecular formula is C45H74NO8P. The lowest BCUT2D eigenvalue weighted by atomic mass is 10.1. The van der Waals surface area contributed by atoms with E-state index in [2.05, 4.69) is 98.9 Å². The molecule has 0 amide bonds. The van der Waals surface area contributed by atoms with Crippen molar-refractivity contribution in [1.82, 2.24) is 0 Å². The molecule has 0 aromatic rings. The number of hydrogen-bond acceptors (Lipinski definition) is 8. The van der Waals surface area contributed by atoms with Crippen molar-refractivity contribution in [1.29, 1.82) is 0 Å². The Morgan fingerprint density at radius 2 is 0.964 bits per heavy atom. The van der Waals surface area contributed by atoms with Gasteiger partial charge in [-0.05, 0) is 89.9 Å². The summed E-state index contributed by atoms with van der Waals surface area (Å²) in [5, 5.41) is 0. The average Bonchev–Trinajstić information content (AvgIpc) is 3.17. The quantitative estimate of drug-likeness (QED) is 0.0273. The molecule has 0 aliphatic carbocycles. The molecule has 3 N–H and O–H groups in total. The maximum absolute atomic E-state index is 12.5. The lowest BCUT2D eigenvalue weighted by molar-refractivity contribution is -0.161. The number of phosphoric ester groups is 1. The Labute approximate surface area is 334 Å². The molecule has 0 spiro atoms. The second-order valence-electron chi connectivity index (χ2n) is 13.1. The van der Waals surface area contributed by atoms with Gasteiger partial charge in [0.25, 0.3) is 0 Å². The van der Waals surface area contributed by atoms with Crippen LogP contribution >= 0.6 is 7.82 Å². The SMILES string of the molecule is CCCCCC=CCC=CCC=CCC=CCC=CCCC(=O)OC[C@H](COP(=O)(O)OCCN)OC(=O)CCCCC=CCC=CCC=CCCCCC. The summed E-state index contributed by atoms with van der Waals surface area (Å²) in [6.45, 7) is 3.51. The third-order valence-electron chi connectivity index (χ3n) is 7.96. The van der Waals surface area contributed by atoms with Crippen molar-refractivity contribution in [3.63, 3.8) is 0 Å². The van der Waals surface area contributed by atoms with E-state index >= 15 is 0 Å². The van der Waals surface area contributed by atoms with Crippen LogP contribution in [0.1, 0.15) is 142 Å². The van der Waals surface area contributed by atoms with Crippen molar-refractivity contribution in [2.75, 3.05) is 26.4 Å². The van der Waals surface area contributed by atoms with Gasteiger partial charge < -0.3 is 20.1 Å². The van der Waals surface area contributed by atoms with Crippen LogP contribution in [0.15, 0.2) is 97.2 Å². The second kappa shape index (κ2) is 40.6. The number of unbranched alkanes of at least 4 members (excludes halogenated alkanes) is 8. The van der Waals surface area contributed by atoms with Gasteiger partial charge in [-0.2, -0.15) is 0 Å². The van der Waals surface area contributed by atoms with Crippen molar-refractivity contribution in [3.8, 4) is 0 Å². The third kappa shape index (κ3) is 40.4. The first-order chi connectivity index (χ1) is 26.8. The summed E-state index contributed by atoms with van der Waals surface area (Å²) in [6.07, 6.45) is 51.7. The van der Waals surface area contributed by atoms with E-state index < -0.39 is 32.5 Å². The largest absolute Gasteiger partial charge is 0.472 e. The van der Waals surface area contributed by atoms with Gasteiger partial charge in [-0.25, -0.2) is 4.57 Å². The molecule has 55 heavy (non-hydrogen) atoms. The molecule has 2 atom stereocenters. The van der Waals surface area contributed by atoms with Gasteiger partial charge in [-0.15, -0.1) is 0 Å². The highest BCUT2D eigenvalue weighted by atomic mass is 31.2. The fraction of sp³-hybridized carbons (Fsp3) is 0.600. The number of ether oxygens (including phenoxy) is 2. The van der Waals surface area contributed by atoms with E-state index in [1.807, 2.05) is 12.2 Å². The van der Waals surface area contributed by atoms with Gasteiger partial charge in [0.15, 0.2) is 6.10 Å². The average molecular weight is 788 g/mol. The number of phosphoric acid groups is 1. The first-order valence-corrected chi connectivity index (χ1v) is 22.2. The highest BCUT2D eigenvalue weighted by Gasteiger charge is 2.25. The van der Waals surface area contributed by atoms with Crippen LogP contribution in [0.2, 0.25) is 0 Å². The normalized spacial score (nSPS) is 14.3. The summed E-state index contributed by atoms with van der Waals surface area (Å²) in [7, 11) is -4.41. The maximum Gasteiger partial charge on any atom is 0.472 e. The smallest absolute Gasteiger partial charge is 0.462 e. The van der Waals surface area contributed by atoms with Crippen LogP contribution in [0.25, 0.3) is 0 Å². The zero-order chi connectivity index (χ0) is 40.3. The topological polar surface area (TPSA) is 134 Å². The molecule has 0 bridgehead atoms. The van der Waals surface area contributed by atoms with E-state index in [9.17, 15) is 19.0 Å². The fourth-order valence-electron chi connectivity index (χ4n) is 4.86. The first-order valence-electron chi connectivity index (χ1n) is 20.7. The molecule has 1 unspecified atom stereocenters. The van der Waals surface area contributed by atoms with Crippen molar-refractivity contribution < 1.29 is 37.6 Å². The van der Waals surface area contributed by atoms with E-state index in [1.165, 1.54) is 44.9 Å². The van der Waals surface area contributed by atoms with Crippen molar-refractivity contribution in [2.45, 2.75) is 148 Å². The van der Waals surface area contributed by atoms with Gasteiger partial charge in [-0.1, -0.05) is 137 Å². The number of rotatable bonds is 37. The summed E-state index contributed by atoms with van der Waals surface area (Å²) in [4.78, 5) is 34.8. The van der Waals surface area contributed by atoms with Crippen molar-refractivity contribution in [2.24, 2.45) is 5.73 Å². The summed E-state index contributed by atoms with van der Waals surface area (Å²) >= 11 is 0. The number of esters is 2. The van der Waals surface area contributed by atoms with Crippen LogP contribution in [-0.4, -0.2) is 49.3 Å². The molecule has 0 aliphatic rings. The van der Waals surface area contributed by atoms with Crippen molar-refractivity contribution >= 4 is 19.8 Å². The highest BCUT2D eigenvalue weighted by Crippen LogP contribution is 2.43. The fourth-order valence-corrected chi connectivity index (χ4v) is 5.62. The van der Waals surface area contributed by atoms with Crippen molar-refractivity contribution in [3.05, 3.63) is 97.2 Å². The first kappa shape index (κ1) is 51.9. The minimum atomic E-state index is -4.41. The molecule has 0 aromatic heterocycles. The lowest BCUT2D eigenvalue weighted by Gasteiger charge is -2.19. The predicted octanol–water partition coefficient (Wildman–Crippen LogP) is 11.8. The molecule has 0 rings (SSSR count). The minimum Gasteiger partial charge on any atom is -0.462 e. The Morgan fingerprint density at radius 3 is 1.40 bits per heavy atom. The predicted molar refractivity (Wildman–Crippen MR) is 228 cm³/mol. The molecule has 0 aromatic carbocycles. The van der Waals surface area contributed by atoms with Gasteiger partial charge in [0.1, 0.15) is 6.61 Å². The number of hydrogen-bond donors (Lipinski definition) is 2. The van der Waals surface area contributed by atoms with E-state index in [-0.39, 0.29) is 32.6 Å². The number of carbonyl (C=O) groups is 2. The Balaban J connectivity index is 4.40. The van der Waals surface area contributed by atoms with Gasteiger partial charge in [0.2, 0.25) is 0 Å². The van der Waals surface area contributed by atoms with Crippen LogP contribution in [0.3, 0.4) is 0 Å². The molecule has 0 saturated heterocycles. The molecule has 0 fully saturated rings. The van der Waals surface area contributed by atoms with E-state index in [0.29, 0.717) is 12.8 Å². The third-order valence-corrected chi connectivity index (χ3v) is 8.94.